The van der Waals surface area contributed by atoms with E-state index in [0.717, 1.165) is 23.5 Å². The van der Waals surface area contributed by atoms with Crippen LogP contribution in [-0.2, 0) is 0 Å². The summed E-state index contributed by atoms with van der Waals surface area (Å²) in [5.74, 6) is 7.61. The highest BCUT2D eigenvalue weighted by Gasteiger charge is 2.42. The number of nitrogens with two attached hydrogens (primary N) is 1. The lowest BCUT2D eigenvalue weighted by Gasteiger charge is -2.38. The lowest BCUT2D eigenvalue weighted by atomic mass is 9.73. The molecule has 112 valence electrons. The van der Waals surface area contributed by atoms with E-state index in [1.165, 1.54) is 25.7 Å². The SMILES string of the molecule is CCC1(C(NN)c2c(OC)cccc2OC)CCCC1. The molecule has 0 radical (unpaired) electrons. The minimum atomic E-state index is 0.0566. The molecule has 1 aliphatic rings. The minimum Gasteiger partial charge on any atom is -0.496 e. The van der Waals surface area contributed by atoms with E-state index in [4.69, 9.17) is 15.3 Å². The fourth-order valence-electron chi connectivity index (χ4n) is 3.66. The lowest BCUT2D eigenvalue weighted by Crippen LogP contribution is -2.40. The fourth-order valence-corrected chi connectivity index (χ4v) is 3.66. The van der Waals surface area contributed by atoms with Crippen molar-refractivity contribution in [2.75, 3.05) is 14.2 Å². The molecule has 1 atom stereocenters. The lowest BCUT2D eigenvalue weighted by molar-refractivity contribution is 0.180. The first kappa shape index (κ1) is 15.1. The van der Waals surface area contributed by atoms with Crippen molar-refractivity contribution in [2.45, 2.75) is 45.1 Å². The molecule has 1 aromatic carbocycles. The summed E-state index contributed by atoms with van der Waals surface area (Å²) in [7, 11) is 3.39. The summed E-state index contributed by atoms with van der Waals surface area (Å²) in [5, 5.41) is 0. The second kappa shape index (κ2) is 6.46. The van der Waals surface area contributed by atoms with Gasteiger partial charge in [0.25, 0.3) is 0 Å². The van der Waals surface area contributed by atoms with E-state index in [-0.39, 0.29) is 11.5 Å². The first-order valence-electron chi connectivity index (χ1n) is 7.39. The van der Waals surface area contributed by atoms with Crippen LogP contribution < -0.4 is 20.7 Å². The van der Waals surface area contributed by atoms with Crippen LogP contribution in [0.1, 0.15) is 50.6 Å². The molecule has 0 spiro atoms. The predicted octanol–water partition coefficient (Wildman–Crippen LogP) is 3.18. The highest BCUT2D eigenvalue weighted by molar-refractivity contribution is 5.48. The van der Waals surface area contributed by atoms with Gasteiger partial charge in [0.15, 0.2) is 0 Å². The third-order valence-corrected chi connectivity index (χ3v) is 4.84. The maximum absolute atomic E-state index is 5.93. The summed E-state index contributed by atoms with van der Waals surface area (Å²) in [6, 6.07) is 5.95. The van der Waals surface area contributed by atoms with Crippen LogP contribution in [-0.4, -0.2) is 14.2 Å². The molecule has 0 aliphatic heterocycles. The number of rotatable bonds is 6. The third-order valence-electron chi connectivity index (χ3n) is 4.84. The van der Waals surface area contributed by atoms with E-state index in [9.17, 15) is 0 Å². The molecule has 0 saturated heterocycles. The van der Waals surface area contributed by atoms with Gasteiger partial charge in [-0.3, -0.25) is 11.3 Å². The van der Waals surface area contributed by atoms with Gasteiger partial charge in [-0.2, -0.15) is 0 Å². The molecule has 0 heterocycles. The maximum Gasteiger partial charge on any atom is 0.127 e. The van der Waals surface area contributed by atoms with Crippen molar-refractivity contribution in [1.29, 1.82) is 0 Å². The van der Waals surface area contributed by atoms with Gasteiger partial charge >= 0.3 is 0 Å². The summed E-state index contributed by atoms with van der Waals surface area (Å²) in [4.78, 5) is 0. The van der Waals surface area contributed by atoms with Crippen LogP contribution in [0.15, 0.2) is 18.2 Å². The Balaban J connectivity index is 2.50. The molecule has 1 fully saturated rings. The Labute approximate surface area is 121 Å². The van der Waals surface area contributed by atoms with E-state index in [1.54, 1.807) is 14.2 Å². The molecule has 4 heteroatoms. The van der Waals surface area contributed by atoms with Gasteiger partial charge < -0.3 is 9.47 Å². The molecule has 1 aromatic rings. The van der Waals surface area contributed by atoms with Crippen molar-refractivity contribution in [2.24, 2.45) is 11.3 Å². The Morgan fingerprint density at radius 2 is 1.75 bits per heavy atom. The first-order valence-corrected chi connectivity index (χ1v) is 7.39. The highest BCUT2D eigenvalue weighted by atomic mass is 16.5. The molecule has 1 unspecified atom stereocenters. The van der Waals surface area contributed by atoms with Crippen molar-refractivity contribution in [3.05, 3.63) is 23.8 Å². The topological polar surface area (TPSA) is 56.5 Å². The van der Waals surface area contributed by atoms with E-state index >= 15 is 0 Å². The summed E-state index contributed by atoms with van der Waals surface area (Å²) in [6.45, 7) is 2.25. The second-order valence-electron chi connectivity index (χ2n) is 5.60. The molecule has 0 aromatic heterocycles. The van der Waals surface area contributed by atoms with Gasteiger partial charge in [-0.25, -0.2) is 0 Å². The van der Waals surface area contributed by atoms with Crippen LogP contribution in [0.2, 0.25) is 0 Å². The summed E-state index contributed by atoms with van der Waals surface area (Å²) < 4.78 is 11.1. The van der Waals surface area contributed by atoms with E-state index in [0.29, 0.717) is 0 Å². The normalized spacial score (nSPS) is 18.8. The number of hydrogen-bond acceptors (Lipinski definition) is 4. The van der Waals surface area contributed by atoms with Crippen molar-refractivity contribution < 1.29 is 9.47 Å². The zero-order valence-corrected chi connectivity index (χ0v) is 12.7. The average Bonchev–Trinajstić information content (AvgIpc) is 2.98. The fraction of sp³-hybridized carbons (Fsp3) is 0.625. The Morgan fingerprint density at radius 1 is 1.20 bits per heavy atom. The smallest absolute Gasteiger partial charge is 0.127 e. The Morgan fingerprint density at radius 3 is 2.15 bits per heavy atom. The summed E-state index contributed by atoms with van der Waals surface area (Å²) in [5.41, 5.74) is 4.28. The maximum atomic E-state index is 5.93. The molecule has 4 nitrogen and oxygen atoms in total. The zero-order valence-electron chi connectivity index (χ0n) is 12.7. The number of hydrazine groups is 1. The van der Waals surface area contributed by atoms with Gasteiger partial charge in [-0.1, -0.05) is 25.8 Å². The predicted molar refractivity (Wildman–Crippen MR) is 80.8 cm³/mol. The molecular weight excluding hydrogens is 252 g/mol. The van der Waals surface area contributed by atoms with Gasteiger partial charge in [0, 0.05) is 0 Å². The Kier molecular flexibility index (Phi) is 4.89. The van der Waals surface area contributed by atoms with Gasteiger partial charge in [0.05, 0.1) is 25.8 Å². The number of methoxy groups -OCH3 is 2. The van der Waals surface area contributed by atoms with Crippen molar-refractivity contribution >= 4 is 0 Å². The van der Waals surface area contributed by atoms with Crippen molar-refractivity contribution in [3.63, 3.8) is 0 Å². The highest BCUT2D eigenvalue weighted by Crippen LogP contribution is 2.53. The monoisotopic (exact) mass is 278 g/mol. The van der Waals surface area contributed by atoms with Crippen LogP contribution in [0.5, 0.6) is 11.5 Å². The molecule has 0 bridgehead atoms. The van der Waals surface area contributed by atoms with E-state index < -0.39 is 0 Å². The standard InChI is InChI=1S/C16H26N2O2/c1-4-16(10-5-6-11-16)15(18-17)14-12(19-2)8-7-9-13(14)20-3/h7-9,15,18H,4-6,10-11,17H2,1-3H3. The van der Waals surface area contributed by atoms with E-state index in [2.05, 4.69) is 12.3 Å². The minimum absolute atomic E-state index is 0.0566. The van der Waals surface area contributed by atoms with Crippen LogP contribution in [0.4, 0.5) is 0 Å². The van der Waals surface area contributed by atoms with E-state index in [1.807, 2.05) is 18.2 Å². The summed E-state index contributed by atoms with van der Waals surface area (Å²) >= 11 is 0. The average molecular weight is 278 g/mol. The number of nitrogens with one attached hydrogen (secondary N) is 1. The van der Waals surface area contributed by atoms with Crippen LogP contribution in [0.25, 0.3) is 0 Å². The second-order valence-corrected chi connectivity index (χ2v) is 5.60. The molecule has 20 heavy (non-hydrogen) atoms. The number of hydrogen-bond donors (Lipinski definition) is 2. The van der Waals surface area contributed by atoms with Gasteiger partial charge in [-0.05, 0) is 36.8 Å². The largest absolute Gasteiger partial charge is 0.496 e. The molecule has 3 N–H and O–H groups in total. The van der Waals surface area contributed by atoms with Gasteiger partial charge in [-0.15, -0.1) is 0 Å². The molecule has 1 saturated carbocycles. The van der Waals surface area contributed by atoms with Gasteiger partial charge in [0.1, 0.15) is 11.5 Å². The quantitative estimate of drug-likeness (QED) is 0.620. The third kappa shape index (κ3) is 2.50. The molecule has 2 rings (SSSR count). The van der Waals surface area contributed by atoms with Crippen LogP contribution in [0, 0.1) is 5.41 Å². The molecule has 0 amide bonds. The van der Waals surface area contributed by atoms with Crippen LogP contribution >= 0.6 is 0 Å². The number of benzene rings is 1. The summed E-state index contributed by atoms with van der Waals surface area (Å²) in [6.07, 6.45) is 6.02. The Bertz CT molecular complexity index is 420. The Hall–Kier alpha value is -1.26. The van der Waals surface area contributed by atoms with Crippen molar-refractivity contribution in [1.82, 2.24) is 5.43 Å². The zero-order chi connectivity index (χ0) is 14.6. The number of ether oxygens (including phenoxy) is 2. The first-order chi connectivity index (χ1) is 9.72. The molecule has 1 aliphatic carbocycles. The van der Waals surface area contributed by atoms with Gasteiger partial charge in [0.2, 0.25) is 0 Å². The molecular formula is C16H26N2O2. The van der Waals surface area contributed by atoms with Crippen molar-refractivity contribution in [3.8, 4) is 11.5 Å². The van der Waals surface area contributed by atoms with Crippen LogP contribution in [0.3, 0.4) is 0 Å².